The Morgan fingerprint density at radius 2 is 1.94 bits per heavy atom. The van der Waals surface area contributed by atoms with E-state index in [0.717, 1.165) is 0 Å². The Balaban J connectivity index is 2.39. The Morgan fingerprint density at radius 1 is 1.19 bits per heavy atom. The van der Waals surface area contributed by atoms with E-state index in [2.05, 4.69) is 19.9 Å². The van der Waals surface area contributed by atoms with Crippen LogP contribution in [0.25, 0.3) is 11.4 Å². The fraction of sp³-hybridized carbons (Fsp3) is 0.111. The summed E-state index contributed by atoms with van der Waals surface area (Å²) >= 11 is 0. The minimum atomic E-state index is -4.73. The van der Waals surface area contributed by atoms with E-state index >= 15 is 0 Å². The Labute approximate surface area is 88.1 Å². The third kappa shape index (κ3) is 2.30. The summed E-state index contributed by atoms with van der Waals surface area (Å²) in [7, 11) is 0. The summed E-state index contributed by atoms with van der Waals surface area (Å²) < 4.78 is 40.2. The van der Waals surface area contributed by atoms with Gasteiger partial charge in [0.25, 0.3) is 0 Å². The van der Waals surface area contributed by atoms with E-state index in [4.69, 9.17) is 0 Å². The molecule has 1 N–H and O–H groups in total. The van der Waals surface area contributed by atoms with Crippen LogP contribution in [0.15, 0.2) is 30.6 Å². The molecule has 0 fully saturated rings. The highest BCUT2D eigenvalue weighted by Gasteiger charge is 2.32. The number of aromatic amines is 1. The SMILES string of the molecule is FC(F)(F)Oc1ccccc1-c1ncn[nH]1. The number of aromatic nitrogens is 3. The monoisotopic (exact) mass is 229 g/mol. The summed E-state index contributed by atoms with van der Waals surface area (Å²) in [6.07, 6.45) is -3.52. The molecular formula is C9H6F3N3O. The van der Waals surface area contributed by atoms with E-state index in [1.807, 2.05) is 0 Å². The van der Waals surface area contributed by atoms with Gasteiger partial charge in [-0.1, -0.05) is 12.1 Å². The third-order valence-electron chi connectivity index (χ3n) is 1.78. The molecule has 1 heterocycles. The average Bonchev–Trinajstić information content (AvgIpc) is 2.69. The maximum absolute atomic E-state index is 12.1. The summed E-state index contributed by atoms with van der Waals surface area (Å²) in [6.45, 7) is 0. The highest BCUT2D eigenvalue weighted by Crippen LogP contribution is 2.31. The molecule has 7 heteroatoms. The van der Waals surface area contributed by atoms with E-state index in [0.29, 0.717) is 0 Å². The van der Waals surface area contributed by atoms with Gasteiger partial charge in [0.2, 0.25) is 0 Å². The quantitative estimate of drug-likeness (QED) is 0.859. The number of hydrogen-bond acceptors (Lipinski definition) is 3. The molecule has 0 aliphatic carbocycles. The van der Waals surface area contributed by atoms with Gasteiger partial charge in [-0.2, -0.15) is 5.10 Å². The number of H-pyrrole nitrogens is 1. The Morgan fingerprint density at radius 3 is 2.56 bits per heavy atom. The van der Waals surface area contributed by atoms with Crippen molar-refractivity contribution in [1.82, 2.24) is 15.2 Å². The number of hydrogen-bond donors (Lipinski definition) is 1. The van der Waals surface area contributed by atoms with Crippen LogP contribution in [0.2, 0.25) is 0 Å². The zero-order chi connectivity index (χ0) is 11.6. The van der Waals surface area contributed by atoms with Crippen LogP contribution in [0.1, 0.15) is 0 Å². The molecule has 0 radical (unpaired) electrons. The largest absolute Gasteiger partial charge is 0.573 e. The van der Waals surface area contributed by atoms with Gasteiger partial charge in [0.15, 0.2) is 5.82 Å². The molecule has 0 amide bonds. The van der Waals surface area contributed by atoms with E-state index in [9.17, 15) is 13.2 Å². The van der Waals surface area contributed by atoms with E-state index in [-0.39, 0.29) is 17.1 Å². The minimum absolute atomic E-state index is 0.206. The Kier molecular flexibility index (Phi) is 2.51. The second-order valence-electron chi connectivity index (χ2n) is 2.88. The lowest BCUT2D eigenvalue weighted by atomic mass is 10.2. The first-order valence-electron chi connectivity index (χ1n) is 4.27. The van der Waals surface area contributed by atoms with Crippen molar-refractivity contribution in [3.8, 4) is 17.1 Å². The fourth-order valence-corrected chi connectivity index (χ4v) is 1.21. The number of ether oxygens (including phenoxy) is 1. The smallest absolute Gasteiger partial charge is 0.405 e. The van der Waals surface area contributed by atoms with Gasteiger partial charge in [0.05, 0.1) is 5.56 Å². The van der Waals surface area contributed by atoms with Gasteiger partial charge in [-0.15, -0.1) is 13.2 Å². The van der Waals surface area contributed by atoms with Gasteiger partial charge in [-0.25, -0.2) is 4.98 Å². The van der Waals surface area contributed by atoms with Crippen LogP contribution in [0.3, 0.4) is 0 Å². The first kappa shape index (κ1) is 10.5. The molecule has 0 aliphatic heterocycles. The molecule has 4 nitrogen and oxygen atoms in total. The van der Waals surface area contributed by atoms with Crippen molar-refractivity contribution in [2.75, 3.05) is 0 Å². The van der Waals surface area contributed by atoms with Crippen molar-refractivity contribution in [2.24, 2.45) is 0 Å². The van der Waals surface area contributed by atoms with Crippen molar-refractivity contribution in [3.05, 3.63) is 30.6 Å². The van der Waals surface area contributed by atoms with Gasteiger partial charge in [0, 0.05) is 0 Å². The maximum atomic E-state index is 12.1. The molecule has 0 atom stereocenters. The number of rotatable bonds is 2. The molecule has 0 unspecified atom stereocenters. The molecule has 1 aromatic heterocycles. The summed E-state index contributed by atoms with van der Waals surface area (Å²) in [5.41, 5.74) is 0.206. The standard InChI is InChI=1S/C9H6F3N3O/c10-9(11,12)16-7-4-2-1-3-6(7)8-13-5-14-15-8/h1-5H,(H,13,14,15). The van der Waals surface area contributed by atoms with E-state index in [1.54, 1.807) is 6.07 Å². The van der Waals surface area contributed by atoms with Gasteiger partial charge < -0.3 is 4.74 Å². The summed E-state index contributed by atoms with van der Waals surface area (Å²) in [5, 5.41) is 6.03. The molecule has 0 aliphatic rings. The molecule has 0 bridgehead atoms. The predicted molar refractivity (Wildman–Crippen MR) is 48.5 cm³/mol. The van der Waals surface area contributed by atoms with Crippen molar-refractivity contribution in [1.29, 1.82) is 0 Å². The summed E-state index contributed by atoms with van der Waals surface area (Å²) in [5.74, 6) is -0.0911. The van der Waals surface area contributed by atoms with Crippen LogP contribution in [0, 0.1) is 0 Å². The lowest BCUT2D eigenvalue weighted by Gasteiger charge is -2.11. The Hall–Kier alpha value is -2.05. The molecule has 2 rings (SSSR count). The topological polar surface area (TPSA) is 50.8 Å². The molecule has 0 saturated heterocycles. The van der Waals surface area contributed by atoms with Crippen molar-refractivity contribution in [2.45, 2.75) is 6.36 Å². The van der Waals surface area contributed by atoms with Gasteiger partial charge in [0.1, 0.15) is 12.1 Å². The number of nitrogens with zero attached hydrogens (tertiary/aromatic N) is 2. The molecule has 84 valence electrons. The number of halogens is 3. The molecule has 1 aromatic carbocycles. The van der Waals surface area contributed by atoms with Crippen molar-refractivity contribution >= 4 is 0 Å². The molecule has 0 spiro atoms. The highest BCUT2D eigenvalue weighted by molar-refractivity contribution is 5.63. The van der Waals surface area contributed by atoms with Gasteiger partial charge >= 0.3 is 6.36 Å². The summed E-state index contributed by atoms with van der Waals surface area (Å²) in [6, 6.07) is 5.70. The van der Waals surface area contributed by atoms with Crippen molar-refractivity contribution in [3.63, 3.8) is 0 Å². The van der Waals surface area contributed by atoms with Crippen LogP contribution < -0.4 is 4.74 Å². The van der Waals surface area contributed by atoms with Crippen molar-refractivity contribution < 1.29 is 17.9 Å². The normalized spacial score (nSPS) is 11.4. The lowest BCUT2D eigenvalue weighted by molar-refractivity contribution is -0.274. The summed E-state index contributed by atoms with van der Waals surface area (Å²) in [4.78, 5) is 3.76. The predicted octanol–water partition coefficient (Wildman–Crippen LogP) is 2.37. The van der Waals surface area contributed by atoms with Crippen LogP contribution in [0.5, 0.6) is 5.75 Å². The molecule has 16 heavy (non-hydrogen) atoms. The lowest BCUT2D eigenvalue weighted by Crippen LogP contribution is -2.17. The fourth-order valence-electron chi connectivity index (χ4n) is 1.21. The second-order valence-corrected chi connectivity index (χ2v) is 2.88. The van der Waals surface area contributed by atoms with Crippen LogP contribution in [-0.2, 0) is 0 Å². The molecule has 2 aromatic rings. The highest BCUT2D eigenvalue weighted by atomic mass is 19.4. The third-order valence-corrected chi connectivity index (χ3v) is 1.78. The first-order chi connectivity index (χ1) is 7.56. The van der Waals surface area contributed by atoms with E-state index < -0.39 is 6.36 Å². The number of para-hydroxylation sites is 1. The van der Waals surface area contributed by atoms with Gasteiger partial charge in [-0.05, 0) is 12.1 Å². The minimum Gasteiger partial charge on any atom is -0.405 e. The molecular weight excluding hydrogens is 223 g/mol. The molecule has 0 saturated carbocycles. The number of benzene rings is 1. The van der Waals surface area contributed by atoms with E-state index in [1.165, 1.54) is 24.5 Å². The first-order valence-corrected chi connectivity index (χ1v) is 4.27. The number of nitrogens with one attached hydrogen (secondary N) is 1. The van der Waals surface area contributed by atoms with Crippen LogP contribution in [0.4, 0.5) is 13.2 Å². The zero-order valence-electron chi connectivity index (χ0n) is 7.82. The van der Waals surface area contributed by atoms with Gasteiger partial charge in [-0.3, -0.25) is 5.10 Å². The number of alkyl halides is 3. The zero-order valence-corrected chi connectivity index (χ0v) is 7.82. The average molecular weight is 229 g/mol. The Bertz CT molecular complexity index is 467. The maximum Gasteiger partial charge on any atom is 0.573 e. The second kappa shape index (κ2) is 3.84. The van der Waals surface area contributed by atoms with Crippen LogP contribution in [-0.4, -0.2) is 21.5 Å². The van der Waals surface area contributed by atoms with Crippen LogP contribution >= 0.6 is 0 Å².